The van der Waals surface area contributed by atoms with E-state index in [0.29, 0.717) is 18.7 Å². The summed E-state index contributed by atoms with van der Waals surface area (Å²) in [7, 11) is -2.04. The number of hydrogen-bond donors (Lipinski definition) is 0. The zero-order chi connectivity index (χ0) is 19.4. The van der Waals surface area contributed by atoms with Crippen molar-refractivity contribution in [3.63, 3.8) is 0 Å². The van der Waals surface area contributed by atoms with Crippen molar-refractivity contribution in [2.45, 2.75) is 37.1 Å². The molecule has 11 heteroatoms. The highest BCUT2D eigenvalue weighted by molar-refractivity contribution is 7.89. The third kappa shape index (κ3) is 2.96. The number of hydrogen-bond acceptors (Lipinski definition) is 8. The van der Waals surface area contributed by atoms with Crippen LogP contribution in [0.4, 0.5) is 5.82 Å². The first kappa shape index (κ1) is 17.9. The van der Waals surface area contributed by atoms with Gasteiger partial charge in [-0.3, -0.25) is 0 Å². The summed E-state index contributed by atoms with van der Waals surface area (Å²) in [6.45, 7) is 7.27. The Kier molecular flexibility index (Phi) is 3.96. The molecule has 3 aromatic heterocycles. The fraction of sp³-hybridized carbons (Fsp3) is 0.500. The highest BCUT2D eigenvalue weighted by Gasteiger charge is 2.38. The van der Waals surface area contributed by atoms with E-state index in [9.17, 15) is 8.42 Å². The van der Waals surface area contributed by atoms with E-state index >= 15 is 0 Å². The number of likely N-dealkylation sites (N-methyl/N-ethyl adjacent to an activating group) is 1. The largest absolute Gasteiger partial charge is 0.363 e. The SMILES string of the molecule is CN(C1CN(c2ccc3nnc(C(C)(C)C)n3n2)C1)S(=O)(=O)c1cnoc1. The van der Waals surface area contributed by atoms with E-state index in [0.717, 1.165) is 17.9 Å². The van der Waals surface area contributed by atoms with Crippen LogP contribution >= 0.6 is 0 Å². The summed E-state index contributed by atoms with van der Waals surface area (Å²) < 4.78 is 32.8. The number of nitrogens with zero attached hydrogens (tertiary/aromatic N) is 7. The van der Waals surface area contributed by atoms with Crippen LogP contribution in [0, 0.1) is 0 Å². The van der Waals surface area contributed by atoms with Crippen LogP contribution < -0.4 is 4.90 Å². The number of aromatic nitrogens is 5. The molecule has 0 atom stereocenters. The van der Waals surface area contributed by atoms with Crippen LogP contribution in [0.3, 0.4) is 0 Å². The van der Waals surface area contributed by atoms with Gasteiger partial charge in [-0.05, 0) is 12.1 Å². The monoisotopic (exact) mass is 391 g/mol. The second-order valence-corrected chi connectivity index (χ2v) is 9.67. The van der Waals surface area contributed by atoms with Crippen LogP contribution in [0.2, 0.25) is 0 Å². The van der Waals surface area contributed by atoms with Gasteiger partial charge in [-0.25, -0.2) is 8.42 Å². The molecule has 1 aliphatic rings. The van der Waals surface area contributed by atoms with Gasteiger partial charge in [0, 0.05) is 25.6 Å². The molecule has 0 aromatic carbocycles. The van der Waals surface area contributed by atoms with E-state index in [1.54, 1.807) is 11.6 Å². The van der Waals surface area contributed by atoms with Gasteiger partial charge in [0.1, 0.15) is 17.0 Å². The molecule has 0 aliphatic carbocycles. The first-order chi connectivity index (χ1) is 12.7. The predicted molar refractivity (Wildman–Crippen MR) is 96.9 cm³/mol. The van der Waals surface area contributed by atoms with E-state index in [-0.39, 0.29) is 16.4 Å². The van der Waals surface area contributed by atoms with Crippen molar-refractivity contribution in [3.05, 3.63) is 30.4 Å². The topological polar surface area (TPSA) is 110 Å². The lowest BCUT2D eigenvalue weighted by atomic mass is 9.96. The Morgan fingerprint density at radius 3 is 2.59 bits per heavy atom. The minimum atomic E-state index is -3.61. The van der Waals surface area contributed by atoms with Crippen LogP contribution in [0.15, 0.2) is 34.0 Å². The molecule has 0 unspecified atom stereocenters. The van der Waals surface area contributed by atoms with Crippen LogP contribution in [0.5, 0.6) is 0 Å². The maximum absolute atomic E-state index is 12.5. The molecule has 4 rings (SSSR count). The van der Waals surface area contributed by atoms with Crippen molar-refractivity contribution in [2.75, 3.05) is 25.0 Å². The molecular formula is C16H21N7O3S. The molecule has 3 aromatic rings. The van der Waals surface area contributed by atoms with Gasteiger partial charge in [0.25, 0.3) is 0 Å². The molecule has 1 aliphatic heterocycles. The fourth-order valence-corrected chi connectivity index (χ4v) is 4.17. The summed E-state index contributed by atoms with van der Waals surface area (Å²) in [5, 5.41) is 16.5. The van der Waals surface area contributed by atoms with Gasteiger partial charge in [-0.2, -0.15) is 8.82 Å². The lowest BCUT2D eigenvalue weighted by molar-refractivity contribution is 0.308. The molecule has 0 N–H and O–H groups in total. The average Bonchev–Trinajstić information content (AvgIpc) is 3.22. The molecule has 0 spiro atoms. The Bertz CT molecular complexity index is 1060. The number of rotatable bonds is 4. The molecular weight excluding hydrogens is 370 g/mol. The first-order valence-electron chi connectivity index (χ1n) is 8.53. The first-order valence-corrected chi connectivity index (χ1v) is 9.97. The minimum absolute atomic E-state index is 0.0577. The molecule has 0 bridgehead atoms. The fourth-order valence-electron chi connectivity index (χ4n) is 2.97. The summed E-state index contributed by atoms with van der Waals surface area (Å²) in [5.41, 5.74) is 0.503. The van der Waals surface area contributed by atoms with Gasteiger partial charge >= 0.3 is 0 Å². The number of sulfonamides is 1. The zero-order valence-electron chi connectivity index (χ0n) is 15.6. The predicted octanol–water partition coefficient (Wildman–Crippen LogP) is 0.919. The van der Waals surface area contributed by atoms with Gasteiger partial charge in [-0.1, -0.05) is 25.9 Å². The molecule has 0 amide bonds. The Hall–Kier alpha value is -2.53. The zero-order valence-corrected chi connectivity index (χ0v) is 16.4. The second-order valence-electron chi connectivity index (χ2n) is 7.68. The Labute approximate surface area is 156 Å². The number of fused-ring (bicyclic) bond motifs is 1. The van der Waals surface area contributed by atoms with Crippen molar-refractivity contribution in [3.8, 4) is 0 Å². The molecule has 1 saturated heterocycles. The van der Waals surface area contributed by atoms with Gasteiger partial charge in [0.15, 0.2) is 11.5 Å². The average molecular weight is 391 g/mol. The maximum atomic E-state index is 12.5. The lowest BCUT2D eigenvalue weighted by Gasteiger charge is -2.43. The van der Waals surface area contributed by atoms with E-state index in [1.165, 1.54) is 10.5 Å². The Morgan fingerprint density at radius 1 is 1.22 bits per heavy atom. The molecule has 27 heavy (non-hydrogen) atoms. The molecule has 1 fully saturated rings. The quantitative estimate of drug-likeness (QED) is 0.646. The maximum Gasteiger partial charge on any atom is 0.248 e. The Morgan fingerprint density at radius 2 is 1.96 bits per heavy atom. The summed E-state index contributed by atoms with van der Waals surface area (Å²) >= 11 is 0. The molecule has 0 radical (unpaired) electrons. The van der Waals surface area contributed by atoms with Crippen molar-refractivity contribution in [1.29, 1.82) is 0 Å². The van der Waals surface area contributed by atoms with Crippen LogP contribution in [-0.2, 0) is 15.4 Å². The normalized spacial score (nSPS) is 16.3. The Balaban J connectivity index is 1.53. The van der Waals surface area contributed by atoms with E-state index < -0.39 is 10.0 Å². The van der Waals surface area contributed by atoms with Crippen LogP contribution in [-0.4, -0.2) is 63.9 Å². The summed E-state index contributed by atoms with van der Waals surface area (Å²) in [6, 6.07) is 3.60. The summed E-state index contributed by atoms with van der Waals surface area (Å²) in [5.74, 6) is 1.54. The molecule has 144 valence electrons. The van der Waals surface area contributed by atoms with Crippen molar-refractivity contribution < 1.29 is 12.9 Å². The molecule has 10 nitrogen and oxygen atoms in total. The van der Waals surface area contributed by atoms with Crippen LogP contribution in [0.25, 0.3) is 5.65 Å². The highest BCUT2D eigenvalue weighted by atomic mass is 32.2. The third-order valence-electron chi connectivity index (χ3n) is 4.71. The summed E-state index contributed by atoms with van der Waals surface area (Å²) in [6.07, 6.45) is 2.34. The van der Waals surface area contributed by atoms with Crippen LogP contribution in [0.1, 0.15) is 26.6 Å². The van der Waals surface area contributed by atoms with Gasteiger partial charge in [-0.15, -0.1) is 15.3 Å². The van der Waals surface area contributed by atoms with Gasteiger partial charge in [0.2, 0.25) is 10.0 Å². The van der Waals surface area contributed by atoms with Gasteiger partial charge < -0.3 is 9.42 Å². The van der Waals surface area contributed by atoms with Crippen molar-refractivity contribution in [2.24, 2.45) is 0 Å². The molecule has 0 saturated carbocycles. The smallest absolute Gasteiger partial charge is 0.248 e. The molecule has 4 heterocycles. The minimum Gasteiger partial charge on any atom is -0.363 e. The second kappa shape index (κ2) is 5.99. The number of anilines is 1. The van der Waals surface area contributed by atoms with Crippen molar-refractivity contribution in [1.82, 2.24) is 29.3 Å². The summed E-state index contributed by atoms with van der Waals surface area (Å²) in [4.78, 5) is 2.08. The highest BCUT2D eigenvalue weighted by Crippen LogP contribution is 2.26. The van der Waals surface area contributed by atoms with Gasteiger partial charge in [0.05, 0.1) is 12.2 Å². The van der Waals surface area contributed by atoms with Crippen molar-refractivity contribution >= 4 is 21.5 Å². The third-order valence-corrected chi connectivity index (χ3v) is 6.56. The van der Waals surface area contributed by atoms with E-state index in [4.69, 9.17) is 0 Å². The lowest BCUT2D eigenvalue weighted by Crippen LogP contribution is -2.60. The standard InChI is InChI=1S/C16H21N7O3S/c1-16(2,3)15-19-18-13-5-6-14(20-23(13)15)22-8-11(9-22)21(4)27(24,25)12-7-17-26-10-12/h5-7,10-11H,8-9H2,1-4H3. The van der Waals surface area contributed by atoms with E-state index in [1.807, 2.05) is 17.0 Å². The van der Waals surface area contributed by atoms with E-state index in [2.05, 4.69) is 45.7 Å².